The molecule has 68 valence electrons. The van der Waals surface area contributed by atoms with Crippen LogP contribution >= 0.6 is 0 Å². The highest BCUT2D eigenvalue weighted by Crippen LogP contribution is 2.36. The molecule has 0 radical (unpaired) electrons. The van der Waals surface area contributed by atoms with Crippen LogP contribution < -0.4 is 0 Å². The Hall–Kier alpha value is -0.920. The smallest absolute Gasteiger partial charge is 0.113 e. The number of fused-ring (bicyclic) bond motifs is 1. The molecule has 2 heteroatoms. The molecular formula is C10H18N2. The van der Waals surface area contributed by atoms with E-state index in [1.165, 1.54) is 11.4 Å². The Bertz CT molecular complexity index is 228. The van der Waals surface area contributed by atoms with Gasteiger partial charge in [-0.2, -0.15) is 0 Å². The van der Waals surface area contributed by atoms with Crippen LogP contribution in [0, 0.1) is 0 Å². The Morgan fingerprint density at radius 3 is 2.33 bits per heavy atom. The lowest BCUT2D eigenvalue weighted by atomic mass is 10.0. The molecule has 0 saturated heterocycles. The van der Waals surface area contributed by atoms with Gasteiger partial charge in [-0.25, -0.2) is 0 Å². The van der Waals surface area contributed by atoms with Crippen molar-refractivity contribution in [3.05, 3.63) is 23.8 Å². The summed E-state index contributed by atoms with van der Waals surface area (Å²) >= 11 is 0. The second-order valence-electron chi connectivity index (χ2n) is 3.00. The van der Waals surface area contributed by atoms with Crippen LogP contribution in [0.5, 0.6) is 0 Å². The molecule has 0 N–H and O–H groups in total. The van der Waals surface area contributed by atoms with Gasteiger partial charge in [0, 0.05) is 19.4 Å². The molecule has 2 heterocycles. The Morgan fingerprint density at radius 2 is 1.83 bits per heavy atom. The van der Waals surface area contributed by atoms with Crippen molar-refractivity contribution in [1.29, 1.82) is 0 Å². The average molecular weight is 166 g/mol. The quantitative estimate of drug-likeness (QED) is 0.545. The maximum atomic E-state index is 2.29. The Kier molecular flexibility index (Phi) is 2.46. The van der Waals surface area contributed by atoms with Crippen LogP contribution in [-0.4, -0.2) is 22.9 Å². The largest absolute Gasteiger partial charge is 0.336 e. The fourth-order valence-electron chi connectivity index (χ4n) is 1.62. The standard InChI is InChI=1S/C8H12N2.C2H6/c1-6-7(2)10-5-4-9(3)8(6)10;1-2/h4-5,7H,1-3H3;1-2H3. The zero-order valence-corrected chi connectivity index (χ0v) is 8.63. The number of hydrogen-bond donors (Lipinski definition) is 0. The van der Waals surface area contributed by atoms with Gasteiger partial charge in [0.25, 0.3) is 0 Å². The minimum atomic E-state index is 0.621. The SMILES string of the molecule is CC.CC1=C2N(C)C=CN2C1C. The fraction of sp³-hybridized carbons (Fsp3) is 0.600. The van der Waals surface area contributed by atoms with E-state index in [0.29, 0.717) is 6.04 Å². The summed E-state index contributed by atoms with van der Waals surface area (Å²) in [5, 5.41) is 0. The normalized spacial score (nSPS) is 24.9. The van der Waals surface area contributed by atoms with Crippen molar-refractivity contribution in [1.82, 2.24) is 9.80 Å². The molecule has 0 saturated carbocycles. The molecule has 2 nitrogen and oxygen atoms in total. The van der Waals surface area contributed by atoms with Crippen LogP contribution in [0.25, 0.3) is 0 Å². The van der Waals surface area contributed by atoms with Gasteiger partial charge in [0.2, 0.25) is 0 Å². The molecule has 0 bridgehead atoms. The number of nitrogens with zero attached hydrogens (tertiary/aromatic N) is 2. The fourth-order valence-corrected chi connectivity index (χ4v) is 1.62. The van der Waals surface area contributed by atoms with Crippen molar-refractivity contribution in [3.63, 3.8) is 0 Å². The summed E-state index contributed by atoms with van der Waals surface area (Å²) in [7, 11) is 2.08. The maximum Gasteiger partial charge on any atom is 0.113 e. The van der Waals surface area contributed by atoms with Crippen molar-refractivity contribution >= 4 is 0 Å². The van der Waals surface area contributed by atoms with Gasteiger partial charge in [-0.05, 0) is 19.4 Å². The Morgan fingerprint density at radius 1 is 1.25 bits per heavy atom. The molecule has 2 aliphatic rings. The summed E-state index contributed by atoms with van der Waals surface area (Å²) in [6.45, 7) is 8.42. The van der Waals surface area contributed by atoms with E-state index < -0.39 is 0 Å². The lowest BCUT2D eigenvalue weighted by Crippen LogP contribution is -2.41. The first-order valence-electron chi connectivity index (χ1n) is 4.62. The van der Waals surface area contributed by atoms with E-state index in [1.54, 1.807) is 0 Å². The summed E-state index contributed by atoms with van der Waals surface area (Å²) in [5.41, 5.74) is 1.49. The van der Waals surface area contributed by atoms with Crippen LogP contribution in [0.4, 0.5) is 0 Å². The zero-order valence-electron chi connectivity index (χ0n) is 8.63. The lowest BCUT2D eigenvalue weighted by molar-refractivity contribution is 0.276. The Labute approximate surface area is 75.2 Å². The number of rotatable bonds is 0. The summed E-state index contributed by atoms with van der Waals surface area (Å²) in [6.07, 6.45) is 4.23. The van der Waals surface area contributed by atoms with Crippen LogP contribution in [-0.2, 0) is 0 Å². The average Bonchev–Trinajstić information content (AvgIpc) is 2.46. The van der Waals surface area contributed by atoms with Gasteiger partial charge in [-0.1, -0.05) is 13.8 Å². The molecule has 0 fully saturated rings. The first-order valence-corrected chi connectivity index (χ1v) is 4.62. The first kappa shape index (κ1) is 9.17. The van der Waals surface area contributed by atoms with E-state index in [4.69, 9.17) is 0 Å². The van der Waals surface area contributed by atoms with E-state index in [0.717, 1.165) is 0 Å². The molecule has 0 spiro atoms. The maximum absolute atomic E-state index is 2.29. The van der Waals surface area contributed by atoms with Crippen molar-refractivity contribution in [2.75, 3.05) is 7.05 Å². The third-order valence-corrected chi connectivity index (χ3v) is 2.43. The molecule has 12 heavy (non-hydrogen) atoms. The van der Waals surface area contributed by atoms with Gasteiger partial charge in [0.1, 0.15) is 5.82 Å². The van der Waals surface area contributed by atoms with Crippen molar-refractivity contribution in [2.45, 2.75) is 33.7 Å². The molecule has 1 atom stereocenters. The number of hydrogen-bond acceptors (Lipinski definition) is 2. The van der Waals surface area contributed by atoms with E-state index in [-0.39, 0.29) is 0 Å². The van der Waals surface area contributed by atoms with Gasteiger partial charge < -0.3 is 9.80 Å². The highest BCUT2D eigenvalue weighted by atomic mass is 15.4. The van der Waals surface area contributed by atoms with Crippen LogP contribution in [0.1, 0.15) is 27.7 Å². The second-order valence-corrected chi connectivity index (χ2v) is 3.00. The topological polar surface area (TPSA) is 6.48 Å². The van der Waals surface area contributed by atoms with E-state index in [2.05, 4.69) is 43.1 Å². The summed E-state index contributed by atoms with van der Waals surface area (Å²) in [6, 6.07) is 0.621. The molecule has 2 rings (SSSR count). The van der Waals surface area contributed by atoms with Gasteiger partial charge in [-0.15, -0.1) is 0 Å². The second kappa shape index (κ2) is 3.21. The lowest BCUT2D eigenvalue weighted by Gasteiger charge is -2.40. The van der Waals surface area contributed by atoms with Crippen molar-refractivity contribution in [3.8, 4) is 0 Å². The highest BCUT2D eigenvalue weighted by molar-refractivity contribution is 5.33. The molecule has 1 unspecified atom stereocenters. The first-order chi connectivity index (χ1) is 5.72. The Balaban J connectivity index is 0.000000336. The third kappa shape index (κ3) is 1.02. The van der Waals surface area contributed by atoms with Gasteiger partial charge >= 0.3 is 0 Å². The molecule has 0 amide bonds. The summed E-state index contributed by atoms with van der Waals surface area (Å²) < 4.78 is 0. The van der Waals surface area contributed by atoms with Crippen LogP contribution in [0.2, 0.25) is 0 Å². The minimum Gasteiger partial charge on any atom is -0.336 e. The zero-order chi connectivity index (χ0) is 9.30. The molecule has 0 aromatic heterocycles. The third-order valence-electron chi connectivity index (χ3n) is 2.43. The molecule has 2 aliphatic heterocycles. The van der Waals surface area contributed by atoms with Gasteiger partial charge in [-0.3, -0.25) is 0 Å². The molecule has 0 aliphatic carbocycles. The van der Waals surface area contributed by atoms with Crippen molar-refractivity contribution < 1.29 is 0 Å². The summed E-state index contributed by atoms with van der Waals surface area (Å²) in [4.78, 5) is 4.45. The molecular weight excluding hydrogens is 148 g/mol. The van der Waals surface area contributed by atoms with Gasteiger partial charge in [0.05, 0.1) is 6.04 Å². The predicted octanol–water partition coefficient (Wildman–Crippen LogP) is 2.36. The predicted molar refractivity (Wildman–Crippen MR) is 52.3 cm³/mol. The van der Waals surface area contributed by atoms with Crippen LogP contribution in [0.15, 0.2) is 23.8 Å². The molecule has 0 aromatic carbocycles. The van der Waals surface area contributed by atoms with Gasteiger partial charge in [0.15, 0.2) is 0 Å². The molecule has 0 aromatic rings. The van der Waals surface area contributed by atoms with E-state index in [9.17, 15) is 0 Å². The monoisotopic (exact) mass is 166 g/mol. The highest BCUT2D eigenvalue weighted by Gasteiger charge is 2.34. The summed E-state index contributed by atoms with van der Waals surface area (Å²) in [5.74, 6) is 1.37. The van der Waals surface area contributed by atoms with E-state index in [1.807, 2.05) is 13.8 Å². The van der Waals surface area contributed by atoms with E-state index >= 15 is 0 Å². The van der Waals surface area contributed by atoms with Crippen LogP contribution in [0.3, 0.4) is 0 Å². The van der Waals surface area contributed by atoms with Crippen molar-refractivity contribution in [2.24, 2.45) is 0 Å². The minimum absolute atomic E-state index is 0.621.